The van der Waals surface area contributed by atoms with Gasteiger partial charge in [-0.25, -0.2) is 8.42 Å². The van der Waals surface area contributed by atoms with Crippen LogP contribution in [0.15, 0.2) is 83.9 Å². The molecular weight excluding hydrogens is 675 g/mol. The molecule has 6 rings (SSSR count). The molecule has 16 heteroatoms. The quantitative estimate of drug-likeness (QED) is 0.150. The Balaban J connectivity index is 0.00000451. The van der Waals surface area contributed by atoms with Gasteiger partial charge in [-0.05, 0) is 64.6 Å². The number of imidazole rings is 1. The lowest BCUT2D eigenvalue weighted by atomic mass is 10.1. The van der Waals surface area contributed by atoms with Crippen molar-refractivity contribution in [2.24, 2.45) is 0 Å². The second-order valence-electron chi connectivity index (χ2n) is 11.5. The molecule has 3 heterocycles. The molecule has 0 bridgehead atoms. The van der Waals surface area contributed by atoms with Gasteiger partial charge in [-0.1, -0.05) is 24.3 Å². The molecule has 3 aromatic carbocycles. The number of aromatic nitrogens is 2. The molecule has 0 saturated carbocycles. The topological polar surface area (TPSA) is 120 Å². The van der Waals surface area contributed by atoms with Crippen molar-refractivity contribution in [3.05, 3.63) is 106 Å². The van der Waals surface area contributed by atoms with Gasteiger partial charge in [0.2, 0.25) is 0 Å². The highest BCUT2D eigenvalue weighted by atomic mass is 35.5. The highest BCUT2D eigenvalue weighted by Gasteiger charge is 2.31. The zero-order chi connectivity index (χ0) is 33.2. The SMILES string of the molecule is Cl.O=[N+]([O-])c1cn2c(n1)O[C@@H](COc1ccc(N3CCN(Cc4ccc(S(=O)(=O)Cc5ccc(C(F)(F)F)cc5)cc4)CC3)cc1)CC2. The molecule has 0 aliphatic carbocycles. The summed E-state index contributed by atoms with van der Waals surface area (Å²) >= 11 is 0. The smallest absolute Gasteiger partial charge is 0.416 e. The van der Waals surface area contributed by atoms with Gasteiger partial charge in [-0.3, -0.25) is 9.47 Å². The van der Waals surface area contributed by atoms with Crippen LogP contribution in [-0.4, -0.2) is 66.7 Å². The summed E-state index contributed by atoms with van der Waals surface area (Å²) in [5.74, 6) is 0.0794. The number of anilines is 1. The Morgan fingerprint density at radius 2 is 1.56 bits per heavy atom. The van der Waals surface area contributed by atoms with Crippen LogP contribution in [0.1, 0.15) is 23.1 Å². The van der Waals surface area contributed by atoms with Crippen LogP contribution in [0.2, 0.25) is 0 Å². The lowest BCUT2D eigenvalue weighted by molar-refractivity contribution is -0.389. The number of halogens is 4. The number of rotatable bonds is 10. The molecule has 1 aromatic heterocycles. The van der Waals surface area contributed by atoms with E-state index in [2.05, 4.69) is 14.8 Å². The normalized spacial score (nSPS) is 16.8. The number of alkyl halides is 3. The molecule has 1 fully saturated rings. The monoisotopic (exact) mass is 707 g/mol. The lowest BCUT2D eigenvalue weighted by Gasteiger charge is -2.36. The van der Waals surface area contributed by atoms with E-state index in [1.807, 2.05) is 24.3 Å². The summed E-state index contributed by atoms with van der Waals surface area (Å²) in [7, 11) is -3.72. The Bertz CT molecular complexity index is 1810. The summed E-state index contributed by atoms with van der Waals surface area (Å²) in [6, 6.07) is 18.9. The van der Waals surface area contributed by atoms with E-state index in [4.69, 9.17) is 9.47 Å². The molecule has 256 valence electrons. The number of benzene rings is 3. The van der Waals surface area contributed by atoms with E-state index < -0.39 is 26.5 Å². The first-order valence-electron chi connectivity index (χ1n) is 15.0. The van der Waals surface area contributed by atoms with E-state index in [0.717, 1.165) is 49.6 Å². The van der Waals surface area contributed by atoms with Gasteiger partial charge in [-0.15, -0.1) is 12.4 Å². The van der Waals surface area contributed by atoms with Crippen LogP contribution >= 0.6 is 12.4 Å². The number of nitro groups is 1. The molecule has 0 unspecified atom stereocenters. The van der Waals surface area contributed by atoms with Crippen LogP contribution in [-0.2, 0) is 34.9 Å². The fourth-order valence-corrected chi connectivity index (χ4v) is 6.94. The van der Waals surface area contributed by atoms with Gasteiger partial charge in [0.05, 0.1) is 16.2 Å². The summed E-state index contributed by atoms with van der Waals surface area (Å²) in [4.78, 5) is 19.0. The summed E-state index contributed by atoms with van der Waals surface area (Å²) in [5, 5.41) is 11.0. The van der Waals surface area contributed by atoms with E-state index >= 15 is 0 Å². The van der Waals surface area contributed by atoms with Gasteiger partial charge in [0.1, 0.15) is 24.7 Å². The van der Waals surface area contributed by atoms with Gasteiger partial charge in [0, 0.05) is 56.4 Å². The predicted molar refractivity (Wildman–Crippen MR) is 173 cm³/mol. The Hall–Kier alpha value is -4.34. The third-order valence-corrected chi connectivity index (χ3v) is 9.92. The van der Waals surface area contributed by atoms with Crippen molar-refractivity contribution in [1.82, 2.24) is 14.5 Å². The zero-order valence-electron chi connectivity index (χ0n) is 25.6. The highest BCUT2D eigenvalue weighted by molar-refractivity contribution is 7.90. The number of nitrogens with zero attached hydrogens (tertiary/aromatic N) is 5. The minimum absolute atomic E-state index is 0. The fourth-order valence-electron chi connectivity index (χ4n) is 5.60. The zero-order valence-corrected chi connectivity index (χ0v) is 27.2. The molecule has 11 nitrogen and oxygen atoms in total. The summed E-state index contributed by atoms with van der Waals surface area (Å²) in [5.41, 5.74) is 1.52. The van der Waals surface area contributed by atoms with Crippen molar-refractivity contribution < 1.29 is 36.0 Å². The minimum Gasteiger partial charge on any atom is -0.490 e. The van der Waals surface area contributed by atoms with Crippen LogP contribution < -0.4 is 14.4 Å². The number of aryl methyl sites for hydroxylation is 1. The van der Waals surface area contributed by atoms with Crippen molar-refractivity contribution in [1.29, 1.82) is 0 Å². The Morgan fingerprint density at radius 3 is 2.19 bits per heavy atom. The molecule has 2 aliphatic rings. The van der Waals surface area contributed by atoms with Crippen LogP contribution in [0.4, 0.5) is 24.7 Å². The van der Waals surface area contributed by atoms with Crippen LogP contribution in [0.3, 0.4) is 0 Å². The second kappa shape index (κ2) is 14.4. The molecule has 48 heavy (non-hydrogen) atoms. The van der Waals surface area contributed by atoms with Gasteiger partial charge < -0.3 is 24.5 Å². The van der Waals surface area contributed by atoms with Crippen molar-refractivity contribution in [2.45, 2.75) is 42.4 Å². The van der Waals surface area contributed by atoms with Gasteiger partial charge >= 0.3 is 18.0 Å². The Labute approximate surface area is 281 Å². The van der Waals surface area contributed by atoms with E-state index in [0.29, 0.717) is 37.4 Å². The van der Waals surface area contributed by atoms with E-state index in [-0.39, 0.29) is 41.0 Å². The maximum atomic E-state index is 12.9. The number of ether oxygens (including phenoxy) is 2. The summed E-state index contributed by atoms with van der Waals surface area (Å²) in [6.45, 7) is 4.79. The van der Waals surface area contributed by atoms with E-state index in [1.165, 1.54) is 18.3 Å². The van der Waals surface area contributed by atoms with Crippen molar-refractivity contribution in [3.8, 4) is 11.8 Å². The maximum absolute atomic E-state index is 12.9. The van der Waals surface area contributed by atoms with Crippen LogP contribution in [0.5, 0.6) is 11.8 Å². The Kier molecular flexibility index (Phi) is 10.5. The average Bonchev–Trinajstić information content (AvgIpc) is 3.49. The van der Waals surface area contributed by atoms with Crippen LogP contribution in [0.25, 0.3) is 0 Å². The number of sulfone groups is 1. The van der Waals surface area contributed by atoms with Crippen LogP contribution in [0, 0.1) is 10.1 Å². The van der Waals surface area contributed by atoms with Crippen molar-refractivity contribution >= 4 is 33.7 Å². The number of fused-ring (bicyclic) bond motifs is 1. The molecule has 4 aromatic rings. The van der Waals surface area contributed by atoms with E-state index in [1.54, 1.807) is 28.8 Å². The van der Waals surface area contributed by atoms with E-state index in [9.17, 15) is 31.7 Å². The average molecular weight is 708 g/mol. The number of piperazine rings is 1. The van der Waals surface area contributed by atoms with Gasteiger partial charge in [0.15, 0.2) is 9.84 Å². The second-order valence-corrected chi connectivity index (χ2v) is 13.5. The molecule has 1 atom stereocenters. The molecular formula is C32H33ClF3N5O6S. The van der Waals surface area contributed by atoms with Gasteiger partial charge in [0.25, 0.3) is 0 Å². The highest BCUT2D eigenvalue weighted by Crippen LogP contribution is 2.30. The minimum atomic E-state index is -4.47. The largest absolute Gasteiger partial charge is 0.490 e. The molecule has 0 spiro atoms. The number of hydrogen-bond acceptors (Lipinski definition) is 9. The maximum Gasteiger partial charge on any atom is 0.416 e. The lowest BCUT2D eigenvalue weighted by Crippen LogP contribution is -2.45. The first-order chi connectivity index (χ1) is 22.4. The summed E-state index contributed by atoms with van der Waals surface area (Å²) in [6.07, 6.45) is -2.71. The van der Waals surface area contributed by atoms with Crippen molar-refractivity contribution in [2.75, 3.05) is 37.7 Å². The molecule has 2 aliphatic heterocycles. The predicted octanol–water partition coefficient (Wildman–Crippen LogP) is 5.76. The van der Waals surface area contributed by atoms with Crippen molar-refractivity contribution in [3.63, 3.8) is 0 Å². The first-order valence-corrected chi connectivity index (χ1v) is 16.6. The Morgan fingerprint density at radius 1 is 0.917 bits per heavy atom. The first kappa shape index (κ1) is 35.0. The fraction of sp³-hybridized carbons (Fsp3) is 0.344. The standard InChI is InChI=1S/C32H32F3N5O6S.ClH/c33-32(34,35)25-5-1-24(2-6-25)22-47(43,44)29-11-3-23(4-12-29)19-37-15-17-38(18-16-37)26-7-9-27(10-8-26)45-21-28-13-14-39-20-30(40(41)42)36-31(39)46-28;/h1-12,20,28H,13-19,21-22H2;1H/t28-;/m1./s1. The van der Waals surface area contributed by atoms with Gasteiger partial charge in [-0.2, -0.15) is 13.2 Å². The molecule has 0 amide bonds. The summed E-state index contributed by atoms with van der Waals surface area (Å²) < 4.78 is 77.5. The molecule has 1 saturated heterocycles. The third-order valence-electron chi connectivity index (χ3n) is 8.21. The number of hydrogen-bond donors (Lipinski definition) is 0. The molecule has 0 N–H and O–H groups in total. The third kappa shape index (κ3) is 8.38. The molecule has 0 radical (unpaired) electrons.